The number of nitrogens with one attached hydrogen (secondary N) is 1. The van der Waals surface area contributed by atoms with Gasteiger partial charge >= 0.3 is 0 Å². The van der Waals surface area contributed by atoms with Gasteiger partial charge in [-0.2, -0.15) is 11.8 Å². The van der Waals surface area contributed by atoms with E-state index in [2.05, 4.69) is 17.4 Å². The number of hydrogen-bond donors (Lipinski definition) is 2. The fourth-order valence-corrected chi connectivity index (χ4v) is 3.64. The summed E-state index contributed by atoms with van der Waals surface area (Å²) in [5.41, 5.74) is 6.36. The molecule has 0 aromatic heterocycles. The molecule has 0 heterocycles. The van der Waals surface area contributed by atoms with Crippen LogP contribution in [0.3, 0.4) is 0 Å². The van der Waals surface area contributed by atoms with Gasteiger partial charge in [-0.3, -0.25) is 4.79 Å². The van der Waals surface area contributed by atoms with Crippen LogP contribution in [0.2, 0.25) is 0 Å². The Labute approximate surface area is 113 Å². The Morgan fingerprint density at radius 2 is 2.11 bits per heavy atom. The molecular weight excluding hydrogens is 244 g/mol. The minimum Gasteiger partial charge on any atom is -0.368 e. The van der Waals surface area contributed by atoms with Crippen molar-refractivity contribution >= 4 is 17.7 Å². The molecule has 18 heavy (non-hydrogen) atoms. The highest BCUT2D eigenvalue weighted by molar-refractivity contribution is 7.98. The molecule has 1 unspecified atom stereocenters. The molecule has 0 aliphatic heterocycles. The molecule has 1 saturated carbocycles. The first kappa shape index (κ1) is 13.4. The Bertz CT molecular complexity index is 406. The van der Waals surface area contributed by atoms with E-state index < -0.39 is 5.54 Å². The van der Waals surface area contributed by atoms with Crippen LogP contribution in [0.15, 0.2) is 30.3 Å². The highest BCUT2D eigenvalue weighted by Gasteiger charge is 2.48. The number of benzene rings is 1. The summed E-state index contributed by atoms with van der Waals surface area (Å²) >= 11 is 1.77. The first-order chi connectivity index (χ1) is 8.69. The van der Waals surface area contributed by atoms with Crippen LogP contribution in [0.25, 0.3) is 0 Å². The quantitative estimate of drug-likeness (QED) is 0.789. The predicted molar refractivity (Wildman–Crippen MR) is 76.3 cm³/mol. The number of primary amides is 1. The first-order valence-corrected chi connectivity index (χ1v) is 7.45. The lowest BCUT2D eigenvalue weighted by Gasteiger charge is -2.30. The standard InChI is InChI=1S/C14H20N2OS/c1-16-14(13(15)17,12-7-8-12)10-18-9-11-5-3-2-4-6-11/h2-6,12,16H,7-10H2,1H3,(H2,15,17). The lowest BCUT2D eigenvalue weighted by Crippen LogP contribution is -2.57. The molecule has 1 aliphatic carbocycles. The van der Waals surface area contributed by atoms with E-state index in [9.17, 15) is 4.79 Å². The lowest BCUT2D eigenvalue weighted by molar-refractivity contribution is -0.124. The molecule has 0 saturated heterocycles. The summed E-state index contributed by atoms with van der Waals surface area (Å²) in [4.78, 5) is 11.7. The Kier molecular flexibility index (Phi) is 4.30. The minimum absolute atomic E-state index is 0.215. The van der Waals surface area contributed by atoms with Crippen LogP contribution >= 0.6 is 11.8 Å². The monoisotopic (exact) mass is 264 g/mol. The van der Waals surface area contributed by atoms with Crippen molar-refractivity contribution in [2.24, 2.45) is 11.7 Å². The number of carbonyl (C=O) groups is 1. The molecular formula is C14H20N2OS. The van der Waals surface area contributed by atoms with E-state index in [1.807, 2.05) is 25.2 Å². The molecule has 0 spiro atoms. The van der Waals surface area contributed by atoms with E-state index in [1.54, 1.807) is 11.8 Å². The van der Waals surface area contributed by atoms with Gasteiger partial charge in [0.15, 0.2) is 0 Å². The molecule has 0 radical (unpaired) electrons. The van der Waals surface area contributed by atoms with Crippen molar-refractivity contribution in [3.8, 4) is 0 Å². The van der Waals surface area contributed by atoms with E-state index in [4.69, 9.17) is 5.73 Å². The van der Waals surface area contributed by atoms with Crippen LogP contribution in [0, 0.1) is 5.92 Å². The van der Waals surface area contributed by atoms with Crippen LogP contribution in [-0.4, -0.2) is 24.2 Å². The predicted octanol–water partition coefficient (Wildman–Crippen LogP) is 1.77. The average Bonchev–Trinajstić information content (AvgIpc) is 3.20. The Hall–Kier alpha value is -1.00. The van der Waals surface area contributed by atoms with Gasteiger partial charge in [0, 0.05) is 11.5 Å². The van der Waals surface area contributed by atoms with Crippen LogP contribution in [0.1, 0.15) is 18.4 Å². The number of amides is 1. The zero-order chi connectivity index (χ0) is 13.0. The van der Waals surface area contributed by atoms with Gasteiger partial charge in [-0.15, -0.1) is 0 Å². The summed E-state index contributed by atoms with van der Waals surface area (Å²) in [6.45, 7) is 0. The summed E-state index contributed by atoms with van der Waals surface area (Å²) < 4.78 is 0. The molecule has 3 N–H and O–H groups in total. The molecule has 1 amide bonds. The number of likely N-dealkylation sites (N-methyl/N-ethyl adjacent to an activating group) is 1. The van der Waals surface area contributed by atoms with E-state index in [-0.39, 0.29) is 5.91 Å². The van der Waals surface area contributed by atoms with Gasteiger partial charge in [0.05, 0.1) is 0 Å². The van der Waals surface area contributed by atoms with Gasteiger partial charge in [-0.1, -0.05) is 30.3 Å². The maximum atomic E-state index is 11.7. The van der Waals surface area contributed by atoms with Crippen molar-refractivity contribution in [1.82, 2.24) is 5.32 Å². The fraction of sp³-hybridized carbons (Fsp3) is 0.500. The highest BCUT2D eigenvalue weighted by atomic mass is 32.2. The molecule has 1 atom stereocenters. The minimum atomic E-state index is -0.514. The third-order valence-electron chi connectivity index (χ3n) is 3.60. The first-order valence-electron chi connectivity index (χ1n) is 6.29. The molecule has 1 aromatic carbocycles. The molecule has 1 aliphatic rings. The number of hydrogen-bond acceptors (Lipinski definition) is 3. The van der Waals surface area contributed by atoms with E-state index in [0.29, 0.717) is 5.92 Å². The third kappa shape index (κ3) is 2.87. The van der Waals surface area contributed by atoms with E-state index in [1.165, 1.54) is 5.56 Å². The second kappa shape index (κ2) is 5.76. The second-order valence-electron chi connectivity index (χ2n) is 4.84. The van der Waals surface area contributed by atoms with Crippen LogP contribution < -0.4 is 11.1 Å². The number of nitrogens with two attached hydrogens (primary N) is 1. The zero-order valence-electron chi connectivity index (χ0n) is 10.7. The van der Waals surface area contributed by atoms with Gasteiger partial charge in [-0.05, 0) is 31.4 Å². The SMILES string of the molecule is CNC(CSCc1ccccc1)(C(N)=O)C1CC1. The average molecular weight is 264 g/mol. The van der Waals surface area contributed by atoms with Crippen molar-refractivity contribution in [2.45, 2.75) is 24.1 Å². The number of thioether (sulfide) groups is 1. The molecule has 0 bridgehead atoms. The van der Waals surface area contributed by atoms with Gasteiger partial charge in [0.1, 0.15) is 5.54 Å². The van der Waals surface area contributed by atoms with E-state index >= 15 is 0 Å². The van der Waals surface area contributed by atoms with Gasteiger partial charge < -0.3 is 11.1 Å². The largest absolute Gasteiger partial charge is 0.368 e. The Morgan fingerprint density at radius 3 is 2.61 bits per heavy atom. The Morgan fingerprint density at radius 1 is 1.44 bits per heavy atom. The molecule has 1 aromatic rings. The van der Waals surface area contributed by atoms with Crippen molar-refractivity contribution in [1.29, 1.82) is 0 Å². The van der Waals surface area contributed by atoms with Crippen molar-refractivity contribution in [3.63, 3.8) is 0 Å². The maximum absolute atomic E-state index is 11.7. The van der Waals surface area contributed by atoms with Crippen molar-refractivity contribution in [2.75, 3.05) is 12.8 Å². The summed E-state index contributed by atoms with van der Waals surface area (Å²) in [5.74, 6) is 1.87. The smallest absolute Gasteiger partial charge is 0.238 e. The van der Waals surface area contributed by atoms with E-state index in [0.717, 1.165) is 24.3 Å². The van der Waals surface area contributed by atoms with Gasteiger partial charge in [0.2, 0.25) is 5.91 Å². The molecule has 4 heteroatoms. The maximum Gasteiger partial charge on any atom is 0.238 e. The number of rotatable bonds is 7. The van der Waals surface area contributed by atoms with Gasteiger partial charge in [-0.25, -0.2) is 0 Å². The van der Waals surface area contributed by atoms with Gasteiger partial charge in [0.25, 0.3) is 0 Å². The fourth-order valence-electron chi connectivity index (χ4n) is 2.27. The summed E-state index contributed by atoms with van der Waals surface area (Å²) in [6.07, 6.45) is 2.21. The van der Waals surface area contributed by atoms with Crippen LogP contribution in [0.5, 0.6) is 0 Å². The normalized spacial score (nSPS) is 18.3. The zero-order valence-corrected chi connectivity index (χ0v) is 11.5. The Balaban J connectivity index is 1.92. The summed E-state index contributed by atoms with van der Waals surface area (Å²) in [6, 6.07) is 10.3. The highest BCUT2D eigenvalue weighted by Crippen LogP contribution is 2.41. The van der Waals surface area contributed by atoms with Crippen LogP contribution in [0.4, 0.5) is 0 Å². The summed E-state index contributed by atoms with van der Waals surface area (Å²) in [7, 11) is 1.84. The molecule has 98 valence electrons. The number of carbonyl (C=O) groups excluding carboxylic acids is 1. The lowest BCUT2D eigenvalue weighted by atomic mass is 9.95. The third-order valence-corrected chi connectivity index (χ3v) is 4.80. The van der Waals surface area contributed by atoms with Crippen molar-refractivity contribution < 1.29 is 4.79 Å². The van der Waals surface area contributed by atoms with Crippen LogP contribution in [-0.2, 0) is 10.5 Å². The molecule has 3 nitrogen and oxygen atoms in total. The molecule has 2 rings (SSSR count). The topological polar surface area (TPSA) is 55.1 Å². The van der Waals surface area contributed by atoms with Crippen molar-refractivity contribution in [3.05, 3.63) is 35.9 Å². The second-order valence-corrected chi connectivity index (χ2v) is 5.82. The summed E-state index contributed by atoms with van der Waals surface area (Å²) in [5, 5.41) is 3.17. The molecule has 1 fully saturated rings.